The average Bonchev–Trinajstić information content (AvgIpc) is 3.72. The van der Waals surface area contributed by atoms with Gasteiger partial charge in [0.25, 0.3) is 0 Å². The molecule has 0 radical (unpaired) electrons. The zero-order valence-corrected chi connectivity index (χ0v) is 37.8. The third kappa shape index (κ3) is 6.80. The van der Waals surface area contributed by atoms with Crippen molar-refractivity contribution in [2.45, 2.75) is 5.41 Å². The molecule has 322 valence electrons. The summed E-state index contributed by atoms with van der Waals surface area (Å²) in [6.45, 7) is 0. The number of benzene rings is 11. The highest BCUT2D eigenvalue weighted by Crippen LogP contribution is 2.57. The van der Waals surface area contributed by atoms with Crippen LogP contribution in [0.2, 0.25) is 0 Å². The maximum absolute atomic E-state index is 5.37. The normalized spacial score (nSPS) is 12.5. The Bertz CT molecular complexity index is 3820. The fourth-order valence-corrected chi connectivity index (χ4v) is 11.0. The van der Waals surface area contributed by atoms with Crippen molar-refractivity contribution in [3.8, 4) is 78.4 Å². The van der Waals surface area contributed by atoms with Crippen molar-refractivity contribution in [3.05, 3.63) is 289 Å². The summed E-state index contributed by atoms with van der Waals surface area (Å²) in [4.78, 5) is 10.7. The molecule has 0 aliphatic heterocycles. The fourth-order valence-electron chi connectivity index (χ4n) is 11.0. The van der Waals surface area contributed by atoms with E-state index < -0.39 is 5.41 Å². The Labute approximate surface area is 402 Å². The van der Waals surface area contributed by atoms with Crippen LogP contribution >= 0.6 is 0 Å². The molecule has 69 heavy (non-hydrogen) atoms. The number of hydrogen-bond acceptors (Lipinski definition) is 2. The summed E-state index contributed by atoms with van der Waals surface area (Å²) in [7, 11) is 0. The molecule has 0 fully saturated rings. The SMILES string of the molecule is c1ccc(-c2cc(-c3ccccc3-c3ccccc3)nc(-c3ccc(-c4ccc(-c5ccc6c(c5)-c5cc7ccccc7cc5C6(c5ccccc5)c5ccccc5)cc4)c4ccccc34)n2)cc1. The van der Waals surface area contributed by atoms with Crippen molar-refractivity contribution >= 4 is 21.5 Å². The Balaban J connectivity index is 0.912. The van der Waals surface area contributed by atoms with Crippen molar-refractivity contribution in [2.75, 3.05) is 0 Å². The van der Waals surface area contributed by atoms with Gasteiger partial charge in [-0.1, -0.05) is 237 Å². The molecule has 1 aliphatic carbocycles. The van der Waals surface area contributed by atoms with Gasteiger partial charge >= 0.3 is 0 Å². The van der Waals surface area contributed by atoms with E-state index in [1.54, 1.807) is 0 Å². The molecule has 1 aromatic heterocycles. The van der Waals surface area contributed by atoms with Gasteiger partial charge in [-0.15, -0.1) is 0 Å². The van der Waals surface area contributed by atoms with Gasteiger partial charge in [-0.25, -0.2) is 9.97 Å². The molecular formula is C67H44N2. The second-order valence-electron chi connectivity index (χ2n) is 18.0. The molecule has 1 heterocycles. The smallest absolute Gasteiger partial charge is 0.161 e. The molecule has 0 amide bonds. The van der Waals surface area contributed by atoms with E-state index in [4.69, 9.17) is 9.97 Å². The lowest BCUT2D eigenvalue weighted by atomic mass is 9.67. The quantitative estimate of drug-likeness (QED) is 0.152. The molecule has 0 saturated carbocycles. The second-order valence-corrected chi connectivity index (χ2v) is 18.0. The van der Waals surface area contributed by atoms with Crippen molar-refractivity contribution < 1.29 is 0 Å². The first-order valence-corrected chi connectivity index (χ1v) is 23.7. The third-order valence-corrected chi connectivity index (χ3v) is 14.2. The summed E-state index contributed by atoms with van der Waals surface area (Å²) in [5, 5.41) is 4.76. The number of aromatic nitrogens is 2. The predicted molar refractivity (Wildman–Crippen MR) is 287 cm³/mol. The first kappa shape index (κ1) is 40.3. The van der Waals surface area contributed by atoms with Crippen LogP contribution in [0, 0.1) is 0 Å². The van der Waals surface area contributed by atoms with Crippen LogP contribution < -0.4 is 0 Å². The van der Waals surface area contributed by atoms with Crippen LogP contribution in [0.4, 0.5) is 0 Å². The lowest BCUT2D eigenvalue weighted by molar-refractivity contribution is 0.769. The molecule has 1 aliphatic rings. The van der Waals surface area contributed by atoms with E-state index >= 15 is 0 Å². The first-order chi connectivity index (χ1) is 34.2. The van der Waals surface area contributed by atoms with E-state index in [9.17, 15) is 0 Å². The molecule has 12 aromatic rings. The van der Waals surface area contributed by atoms with Gasteiger partial charge in [0.2, 0.25) is 0 Å². The van der Waals surface area contributed by atoms with Crippen molar-refractivity contribution in [2.24, 2.45) is 0 Å². The first-order valence-electron chi connectivity index (χ1n) is 23.7. The van der Waals surface area contributed by atoms with Crippen LogP contribution in [-0.2, 0) is 5.41 Å². The minimum Gasteiger partial charge on any atom is -0.228 e. The predicted octanol–water partition coefficient (Wildman–Crippen LogP) is 17.1. The van der Waals surface area contributed by atoms with E-state index in [1.807, 2.05) is 6.07 Å². The zero-order chi connectivity index (χ0) is 45.7. The molecule has 0 atom stereocenters. The van der Waals surface area contributed by atoms with Gasteiger partial charge in [0, 0.05) is 16.7 Å². The van der Waals surface area contributed by atoms with Crippen molar-refractivity contribution in [3.63, 3.8) is 0 Å². The van der Waals surface area contributed by atoms with E-state index in [1.165, 1.54) is 60.8 Å². The van der Waals surface area contributed by atoms with Gasteiger partial charge in [0.15, 0.2) is 5.82 Å². The lowest BCUT2D eigenvalue weighted by Crippen LogP contribution is -2.28. The maximum atomic E-state index is 5.37. The van der Waals surface area contributed by atoms with Crippen LogP contribution in [0.15, 0.2) is 267 Å². The topological polar surface area (TPSA) is 25.8 Å². The van der Waals surface area contributed by atoms with Gasteiger partial charge in [-0.2, -0.15) is 0 Å². The highest BCUT2D eigenvalue weighted by molar-refractivity contribution is 6.05. The summed E-state index contributed by atoms with van der Waals surface area (Å²) in [6.07, 6.45) is 0. The van der Waals surface area contributed by atoms with Crippen LogP contribution in [-0.4, -0.2) is 9.97 Å². The molecule has 0 unspecified atom stereocenters. The van der Waals surface area contributed by atoms with Gasteiger partial charge in [0.05, 0.1) is 16.8 Å². The van der Waals surface area contributed by atoms with Crippen LogP contribution in [0.3, 0.4) is 0 Å². The summed E-state index contributed by atoms with van der Waals surface area (Å²) < 4.78 is 0. The summed E-state index contributed by atoms with van der Waals surface area (Å²) in [5.41, 5.74) is 19.1. The standard InChI is InChI=1S/C67H44N2/c1-5-19-46(20-6-1)54-29-15-18-32-58(54)65-44-64(48-21-7-2-8-22-48)68-66(69-65)59-39-38-55(56-30-16-17-31-57(56)59)47-35-33-45(34-36-47)51-37-40-62-60(42-51)61-41-49-23-13-14-24-50(49)43-63(61)67(62,52-25-9-3-10-26-52)53-27-11-4-12-28-53/h1-44H. The molecule has 0 saturated heterocycles. The van der Waals surface area contributed by atoms with E-state index in [-0.39, 0.29) is 0 Å². The van der Waals surface area contributed by atoms with Gasteiger partial charge < -0.3 is 0 Å². The highest BCUT2D eigenvalue weighted by Gasteiger charge is 2.46. The number of fused-ring (bicyclic) bond motifs is 5. The molecule has 0 bridgehead atoms. The molecule has 13 rings (SSSR count). The van der Waals surface area contributed by atoms with Crippen molar-refractivity contribution in [1.82, 2.24) is 9.97 Å². The summed E-state index contributed by atoms with van der Waals surface area (Å²) in [5.74, 6) is 0.696. The lowest BCUT2D eigenvalue weighted by Gasteiger charge is -2.34. The van der Waals surface area contributed by atoms with Crippen LogP contribution in [0.1, 0.15) is 22.3 Å². The number of nitrogens with zero attached hydrogens (tertiary/aromatic N) is 2. The van der Waals surface area contributed by atoms with E-state index in [0.717, 1.165) is 55.5 Å². The molecule has 0 spiro atoms. The minimum absolute atomic E-state index is 0.463. The highest BCUT2D eigenvalue weighted by atomic mass is 14.9. The van der Waals surface area contributed by atoms with Gasteiger partial charge in [-0.3, -0.25) is 0 Å². The third-order valence-electron chi connectivity index (χ3n) is 14.2. The van der Waals surface area contributed by atoms with E-state index in [2.05, 4.69) is 261 Å². The maximum Gasteiger partial charge on any atom is 0.161 e. The minimum atomic E-state index is -0.463. The monoisotopic (exact) mass is 876 g/mol. The fraction of sp³-hybridized carbons (Fsp3) is 0.0149. The Morgan fingerprint density at radius 2 is 0.725 bits per heavy atom. The van der Waals surface area contributed by atoms with E-state index in [0.29, 0.717) is 5.82 Å². The molecule has 0 N–H and O–H groups in total. The van der Waals surface area contributed by atoms with Gasteiger partial charge in [0.1, 0.15) is 0 Å². The number of rotatable bonds is 8. The largest absolute Gasteiger partial charge is 0.228 e. The van der Waals surface area contributed by atoms with Crippen LogP contribution in [0.5, 0.6) is 0 Å². The van der Waals surface area contributed by atoms with Gasteiger partial charge in [-0.05, 0) is 119 Å². The Morgan fingerprint density at radius 1 is 0.246 bits per heavy atom. The van der Waals surface area contributed by atoms with Crippen molar-refractivity contribution in [1.29, 1.82) is 0 Å². The average molecular weight is 877 g/mol. The van der Waals surface area contributed by atoms with Crippen LogP contribution in [0.25, 0.3) is 100.0 Å². The Hall–Kier alpha value is -8.98. The Kier molecular flexibility index (Phi) is 9.77. The second kappa shape index (κ2) is 16.7. The Morgan fingerprint density at radius 3 is 1.41 bits per heavy atom. The molecular weight excluding hydrogens is 833 g/mol. The summed E-state index contributed by atoms with van der Waals surface area (Å²) in [6, 6.07) is 96.7. The molecule has 2 heteroatoms. The molecule has 11 aromatic carbocycles. The summed E-state index contributed by atoms with van der Waals surface area (Å²) >= 11 is 0. The number of hydrogen-bond donors (Lipinski definition) is 0. The molecule has 2 nitrogen and oxygen atoms in total. The zero-order valence-electron chi connectivity index (χ0n) is 37.8.